The number of carbonyl (C=O) groups excluding carboxylic acids is 1. The van der Waals surface area contributed by atoms with Crippen LogP contribution in [-0.4, -0.2) is 17.0 Å². The van der Waals surface area contributed by atoms with E-state index in [2.05, 4.69) is 21.2 Å². The molecule has 4 nitrogen and oxygen atoms in total. The van der Waals surface area contributed by atoms with E-state index in [1.807, 2.05) is 45.0 Å². The van der Waals surface area contributed by atoms with Crippen LogP contribution in [0.15, 0.2) is 28.7 Å². The Kier molecular flexibility index (Phi) is 6.40. The van der Waals surface area contributed by atoms with Crippen LogP contribution in [0.1, 0.15) is 51.6 Å². The second-order valence-corrected chi connectivity index (χ2v) is 6.23. The Labute approximate surface area is 134 Å². The van der Waals surface area contributed by atoms with E-state index in [0.717, 1.165) is 10.0 Å². The summed E-state index contributed by atoms with van der Waals surface area (Å²) in [6.45, 7) is 5.51. The molecular weight excluding hydrogens is 334 g/mol. The van der Waals surface area contributed by atoms with Crippen molar-refractivity contribution in [2.45, 2.75) is 46.1 Å². The smallest absolute Gasteiger partial charge is 0.310 e. The molecule has 0 spiro atoms. The molecule has 21 heavy (non-hydrogen) atoms. The van der Waals surface area contributed by atoms with Gasteiger partial charge in [0.2, 0.25) is 5.91 Å². The molecule has 1 aromatic carbocycles. The highest BCUT2D eigenvalue weighted by atomic mass is 79.9. The van der Waals surface area contributed by atoms with Crippen molar-refractivity contribution in [3.8, 4) is 0 Å². The minimum atomic E-state index is -0.971. The first-order chi connectivity index (χ1) is 9.84. The quantitative estimate of drug-likeness (QED) is 0.779. The fraction of sp³-hybridized carbons (Fsp3) is 0.500. The van der Waals surface area contributed by atoms with E-state index < -0.39 is 11.4 Å². The molecule has 0 aliphatic rings. The summed E-state index contributed by atoms with van der Waals surface area (Å²) in [5, 5.41) is 12.3. The maximum Gasteiger partial charge on any atom is 0.310 e. The Morgan fingerprint density at radius 2 is 1.95 bits per heavy atom. The fourth-order valence-corrected chi connectivity index (χ4v) is 2.75. The Bertz CT molecular complexity index is 512. The number of amides is 1. The molecule has 0 radical (unpaired) electrons. The lowest BCUT2D eigenvalue weighted by Gasteiger charge is -2.26. The second-order valence-electron chi connectivity index (χ2n) is 5.31. The van der Waals surface area contributed by atoms with Gasteiger partial charge in [-0.25, -0.2) is 0 Å². The standard InChI is InChI=1S/C16H22BrNO3/c1-4-16(5-2,15(20)21)10-14(19)18-11(3)12-7-6-8-13(17)9-12/h6-9,11H,4-5,10H2,1-3H3,(H,18,19)(H,20,21)/t11-/m0/s1. The maximum atomic E-state index is 12.2. The predicted molar refractivity (Wildman–Crippen MR) is 86.0 cm³/mol. The highest BCUT2D eigenvalue weighted by Gasteiger charge is 2.37. The minimum Gasteiger partial charge on any atom is -0.481 e. The van der Waals surface area contributed by atoms with E-state index in [4.69, 9.17) is 0 Å². The van der Waals surface area contributed by atoms with Crippen molar-refractivity contribution in [1.82, 2.24) is 5.32 Å². The number of rotatable bonds is 7. The van der Waals surface area contributed by atoms with E-state index >= 15 is 0 Å². The Morgan fingerprint density at radius 3 is 2.43 bits per heavy atom. The molecule has 1 rings (SSSR count). The lowest BCUT2D eigenvalue weighted by Crippen LogP contribution is -2.37. The summed E-state index contributed by atoms with van der Waals surface area (Å²) in [6.07, 6.45) is 0.892. The maximum absolute atomic E-state index is 12.2. The average molecular weight is 356 g/mol. The molecule has 1 aromatic rings. The summed E-state index contributed by atoms with van der Waals surface area (Å²) in [7, 11) is 0. The van der Waals surface area contributed by atoms with Crippen LogP contribution in [0.4, 0.5) is 0 Å². The molecule has 0 aliphatic carbocycles. The largest absolute Gasteiger partial charge is 0.481 e. The van der Waals surface area contributed by atoms with Crippen molar-refractivity contribution in [3.63, 3.8) is 0 Å². The second kappa shape index (κ2) is 7.59. The van der Waals surface area contributed by atoms with Gasteiger partial charge in [-0.15, -0.1) is 0 Å². The van der Waals surface area contributed by atoms with Gasteiger partial charge in [-0.1, -0.05) is 41.9 Å². The number of halogens is 1. The summed E-state index contributed by atoms with van der Waals surface area (Å²) in [6, 6.07) is 7.54. The zero-order valence-electron chi connectivity index (χ0n) is 12.6. The zero-order chi connectivity index (χ0) is 16.0. The number of carboxylic acid groups (broad SMARTS) is 1. The number of hydrogen-bond acceptors (Lipinski definition) is 2. The van der Waals surface area contributed by atoms with Crippen LogP contribution < -0.4 is 5.32 Å². The van der Waals surface area contributed by atoms with Gasteiger partial charge in [0, 0.05) is 10.9 Å². The van der Waals surface area contributed by atoms with Gasteiger partial charge in [-0.2, -0.15) is 0 Å². The van der Waals surface area contributed by atoms with Gasteiger partial charge in [-0.05, 0) is 37.5 Å². The SMILES string of the molecule is CCC(CC)(CC(=O)N[C@@H](C)c1cccc(Br)c1)C(=O)O. The van der Waals surface area contributed by atoms with Crippen molar-refractivity contribution in [3.05, 3.63) is 34.3 Å². The number of aliphatic carboxylic acids is 1. The molecule has 0 aliphatic heterocycles. The van der Waals surface area contributed by atoms with Gasteiger partial charge in [0.1, 0.15) is 0 Å². The van der Waals surface area contributed by atoms with Crippen LogP contribution >= 0.6 is 15.9 Å². The van der Waals surface area contributed by atoms with Crippen LogP contribution in [0.2, 0.25) is 0 Å². The third-order valence-corrected chi connectivity index (χ3v) is 4.53. The minimum absolute atomic E-state index is 0.00762. The van der Waals surface area contributed by atoms with E-state index in [1.165, 1.54) is 0 Å². The highest BCUT2D eigenvalue weighted by molar-refractivity contribution is 9.10. The van der Waals surface area contributed by atoms with Crippen molar-refractivity contribution < 1.29 is 14.7 Å². The van der Waals surface area contributed by atoms with E-state index in [9.17, 15) is 14.7 Å². The molecule has 0 aromatic heterocycles. The van der Waals surface area contributed by atoms with E-state index in [0.29, 0.717) is 12.8 Å². The lowest BCUT2D eigenvalue weighted by atomic mass is 9.79. The predicted octanol–water partition coefficient (Wildman–Crippen LogP) is 3.91. The number of benzene rings is 1. The number of carboxylic acids is 1. The Morgan fingerprint density at radius 1 is 1.33 bits per heavy atom. The number of carbonyl (C=O) groups is 2. The molecule has 0 fully saturated rings. The molecule has 0 bridgehead atoms. The van der Waals surface area contributed by atoms with Gasteiger partial charge in [0.25, 0.3) is 0 Å². The topological polar surface area (TPSA) is 66.4 Å². The van der Waals surface area contributed by atoms with E-state index in [1.54, 1.807) is 0 Å². The van der Waals surface area contributed by atoms with Crippen LogP contribution in [0, 0.1) is 5.41 Å². The molecule has 1 atom stereocenters. The van der Waals surface area contributed by atoms with Crippen molar-refractivity contribution >= 4 is 27.8 Å². The third kappa shape index (κ3) is 4.56. The Balaban J connectivity index is 2.75. The summed E-state index contributed by atoms with van der Waals surface area (Å²) in [5.74, 6) is -1.13. The third-order valence-electron chi connectivity index (χ3n) is 4.03. The highest BCUT2D eigenvalue weighted by Crippen LogP contribution is 2.31. The van der Waals surface area contributed by atoms with Gasteiger partial charge in [0.05, 0.1) is 11.5 Å². The summed E-state index contributed by atoms with van der Waals surface area (Å²) in [5.41, 5.74) is 0.00722. The molecule has 1 amide bonds. The zero-order valence-corrected chi connectivity index (χ0v) is 14.2. The van der Waals surface area contributed by atoms with Crippen molar-refractivity contribution in [2.75, 3.05) is 0 Å². The first-order valence-corrected chi connectivity index (χ1v) is 7.92. The molecule has 0 heterocycles. The Hall–Kier alpha value is -1.36. The molecule has 5 heteroatoms. The summed E-state index contributed by atoms with van der Waals surface area (Å²) < 4.78 is 0.947. The number of hydrogen-bond donors (Lipinski definition) is 2. The van der Waals surface area contributed by atoms with Gasteiger partial charge < -0.3 is 10.4 Å². The van der Waals surface area contributed by atoms with Crippen molar-refractivity contribution in [1.29, 1.82) is 0 Å². The number of nitrogens with one attached hydrogen (secondary N) is 1. The first-order valence-electron chi connectivity index (χ1n) is 7.13. The van der Waals surface area contributed by atoms with Crippen LogP contribution in [0.25, 0.3) is 0 Å². The molecule has 2 N–H and O–H groups in total. The molecular formula is C16H22BrNO3. The van der Waals surface area contributed by atoms with Crippen LogP contribution in [-0.2, 0) is 9.59 Å². The average Bonchev–Trinajstić information content (AvgIpc) is 2.44. The normalized spacial score (nSPS) is 12.8. The lowest BCUT2D eigenvalue weighted by molar-refractivity contribution is -0.152. The van der Waals surface area contributed by atoms with Gasteiger partial charge in [-0.3, -0.25) is 9.59 Å². The van der Waals surface area contributed by atoms with Gasteiger partial charge >= 0.3 is 5.97 Å². The fourth-order valence-electron chi connectivity index (χ4n) is 2.34. The molecule has 116 valence electrons. The van der Waals surface area contributed by atoms with Crippen LogP contribution in [0.3, 0.4) is 0 Å². The first kappa shape index (κ1) is 17.7. The van der Waals surface area contributed by atoms with Crippen molar-refractivity contribution in [2.24, 2.45) is 5.41 Å². The summed E-state index contributed by atoms with van der Waals surface area (Å²) >= 11 is 3.40. The molecule has 0 saturated heterocycles. The van der Waals surface area contributed by atoms with Gasteiger partial charge in [0.15, 0.2) is 0 Å². The molecule has 0 saturated carbocycles. The van der Waals surface area contributed by atoms with E-state index in [-0.39, 0.29) is 18.4 Å². The van der Waals surface area contributed by atoms with Crippen LogP contribution in [0.5, 0.6) is 0 Å². The molecule has 0 unspecified atom stereocenters. The monoisotopic (exact) mass is 355 g/mol. The summed E-state index contributed by atoms with van der Waals surface area (Å²) in [4.78, 5) is 23.6.